The molecule has 14 heteroatoms. The van der Waals surface area contributed by atoms with Crippen molar-refractivity contribution < 1.29 is 22.7 Å². The zero-order chi connectivity index (χ0) is 26.9. The van der Waals surface area contributed by atoms with Gasteiger partial charge in [-0.25, -0.2) is 23.5 Å². The molecule has 196 valence electrons. The van der Waals surface area contributed by atoms with Gasteiger partial charge in [-0.05, 0) is 49.6 Å². The molecule has 2 heterocycles. The van der Waals surface area contributed by atoms with Gasteiger partial charge in [0.15, 0.2) is 29.7 Å². The molecular weight excluding hydrogens is 536 g/mol. The number of para-hydroxylation sites is 1. The van der Waals surface area contributed by atoms with Crippen molar-refractivity contribution >= 4 is 23.4 Å². The highest BCUT2D eigenvalue weighted by atomic mass is 35.5. The van der Waals surface area contributed by atoms with Crippen LogP contribution in [0, 0.1) is 0 Å². The highest BCUT2D eigenvalue weighted by molar-refractivity contribution is 7.98. The van der Waals surface area contributed by atoms with Gasteiger partial charge in [0.25, 0.3) is 0 Å². The predicted molar refractivity (Wildman–Crippen MR) is 131 cm³/mol. The molecule has 0 amide bonds. The average Bonchev–Trinajstić information content (AvgIpc) is 3.41. The van der Waals surface area contributed by atoms with Gasteiger partial charge in [0.1, 0.15) is 6.54 Å². The molecule has 0 bridgehead atoms. The molecule has 1 N–H and O–H groups in total. The number of hydrogen-bond acceptors (Lipinski definition) is 6. The maximum Gasteiger partial charge on any atom is 0.416 e. The summed E-state index contributed by atoms with van der Waals surface area (Å²) < 4.78 is 56.6. The Labute approximate surface area is 217 Å². The second-order valence-electron chi connectivity index (χ2n) is 8.02. The van der Waals surface area contributed by atoms with E-state index < -0.39 is 30.7 Å². The van der Waals surface area contributed by atoms with Crippen LogP contribution in [-0.4, -0.2) is 52.8 Å². The van der Waals surface area contributed by atoms with E-state index in [0.29, 0.717) is 16.3 Å². The highest BCUT2D eigenvalue weighted by Gasteiger charge is 2.39. The van der Waals surface area contributed by atoms with Gasteiger partial charge in [-0.3, -0.25) is 4.57 Å². The Bertz CT molecular complexity index is 1450. The highest BCUT2D eigenvalue weighted by Crippen LogP contribution is 2.27. The summed E-state index contributed by atoms with van der Waals surface area (Å²) in [5.41, 5.74) is -0.0367. The first-order valence-corrected chi connectivity index (χ1v) is 12.5. The number of hydrogen-bond donors (Lipinski definition) is 1. The van der Waals surface area contributed by atoms with Crippen molar-refractivity contribution in [3.05, 3.63) is 75.7 Å². The fourth-order valence-corrected chi connectivity index (χ4v) is 4.31. The molecule has 0 saturated carbocycles. The normalized spacial score (nSPS) is 13.6. The van der Waals surface area contributed by atoms with Gasteiger partial charge in [0.2, 0.25) is 0 Å². The minimum Gasteiger partial charge on any atom is -0.382 e. The van der Waals surface area contributed by atoms with Gasteiger partial charge in [-0.1, -0.05) is 23.7 Å². The number of aliphatic hydroxyl groups is 1. The zero-order valence-electron chi connectivity index (χ0n) is 19.5. The summed E-state index contributed by atoms with van der Waals surface area (Å²) in [6, 6.07) is 13.1. The van der Waals surface area contributed by atoms with Crippen LogP contribution in [0.15, 0.2) is 58.2 Å². The van der Waals surface area contributed by atoms with Gasteiger partial charge in [-0.15, -0.1) is 22.0 Å². The lowest BCUT2D eigenvalue weighted by Crippen LogP contribution is -2.37. The van der Waals surface area contributed by atoms with E-state index in [9.17, 15) is 27.5 Å². The van der Waals surface area contributed by atoms with Crippen LogP contribution in [0.3, 0.4) is 0 Å². The molecule has 2 unspecified atom stereocenters. The maximum absolute atomic E-state index is 14.5. The summed E-state index contributed by atoms with van der Waals surface area (Å²) in [4.78, 5) is 18.2. The van der Waals surface area contributed by atoms with Crippen LogP contribution in [0.4, 0.5) is 17.6 Å². The number of halogens is 5. The van der Waals surface area contributed by atoms with Crippen LogP contribution in [0.1, 0.15) is 24.7 Å². The van der Waals surface area contributed by atoms with Crippen LogP contribution < -0.4 is 5.69 Å². The van der Waals surface area contributed by atoms with Crippen LogP contribution in [0.2, 0.25) is 5.02 Å². The van der Waals surface area contributed by atoms with Crippen LogP contribution in [-0.2, 0) is 13.1 Å². The third-order valence-electron chi connectivity index (χ3n) is 5.39. The molecule has 2 aromatic carbocycles. The lowest BCUT2D eigenvalue weighted by molar-refractivity contribution is -0.207. The average molecular weight is 557 g/mol. The number of nitrogens with zero attached hydrogens (tertiary/aromatic N) is 6. The summed E-state index contributed by atoms with van der Waals surface area (Å²) >= 11 is 7.34. The van der Waals surface area contributed by atoms with Crippen molar-refractivity contribution in [2.45, 2.75) is 43.4 Å². The quantitative estimate of drug-likeness (QED) is 0.251. The third kappa shape index (κ3) is 5.73. The van der Waals surface area contributed by atoms with E-state index in [0.717, 1.165) is 14.1 Å². The number of aromatic nitrogens is 6. The van der Waals surface area contributed by atoms with E-state index in [1.807, 2.05) is 18.4 Å². The lowest BCUT2D eigenvalue weighted by atomic mass is 10.2. The summed E-state index contributed by atoms with van der Waals surface area (Å²) in [5, 5.41) is 18.6. The smallest absolute Gasteiger partial charge is 0.382 e. The fourth-order valence-electron chi connectivity index (χ4n) is 3.61. The second-order valence-corrected chi connectivity index (χ2v) is 9.31. The lowest BCUT2D eigenvalue weighted by Gasteiger charge is -2.15. The number of thioether (sulfide) groups is 1. The molecule has 4 aromatic rings. The molecule has 0 aliphatic rings. The molecule has 2 atom stereocenters. The largest absolute Gasteiger partial charge is 0.416 e. The maximum atomic E-state index is 14.5. The summed E-state index contributed by atoms with van der Waals surface area (Å²) in [6.45, 7) is -0.122. The van der Waals surface area contributed by atoms with E-state index in [1.165, 1.54) is 47.6 Å². The first kappa shape index (κ1) is 26.9. The van der Waals surface area contributed by atoms with E-state index >= 15 is 0 Å². The topological polar surface area (TPSA) is 90.8 Å². The van der Waals surface area contributed by atoms with Crippen molar-refractivity contribution in [2.75, 3.05) is 6.26 Å². The summed E-state index contributed by atoms with van der Waals surface area (Å²) in [7, 11) is 0. The molecule has 0 saturated heterocycles. The van der Waals surface area contributed by atoms with Crippen molar-refractivity contribution in [1.82, 2.24) is 29.1 Å². The molecule has 0 aliphatic carbocycles. The van der Waals surface area contributed by atoms with Crippen LogP contribution in [0.5, 0.6) is 0 Å². The molecule has 0 fully saturated rings. The van der Waals surface area contributed by atoms with E-state index in [4.69, 9.17) is 11.6 Å². The van der Waals surface area contributed by atoms with Crippen molar-refractivity contribution in [2.24, 2.45) is 0 Å². The number of benzene rings is 2. The first-order valence-electron chi connectivity index (χ1n) is 10.9. The SMILES string of the molecule is CSc1ccccc1-n1nc(Cn2nc(-c3ccc(Cl)cc3)n(CC(O)C(F)(F)F)c2=O)nc1C(C)F. The number of alkyl halides is 4. The Morgan fingerprint density at radius 1 is 1.11 bits per heavy atom. The van der Waals surface area contributed by atoms with E-state index in [-0.39, 0.29) is 24.0 Å². The first-order chi connectivity index (χ1) is 17.5. The van der Waals surface area contributed by atoms with Crippen molar-refractivity contribution in [3.63, 3.8) is 0 Å². The van der Waals surface area contributed by atoms with Crippen molar-refractivity contribution in [1.29, 1.82) is 0 Å². The Hall–Kier alpha value is -3.16. The zero-order valence-corrected chi connectivity index (χ0v) is 21.1. The molecule has 0 radical (unpaired) electrons. The third-order valence-corrected chi connectivity index (χ3v) is 6.43. The standard InChI is InChI=1S/C23H21ClF4N6O2S/c1-13(25)20-29-19(30-34(20)16-5-3-4-6-17(16)37-2)12-33-22(36)32(11-18(35)23(26,27)28)21(31-33)14-7-9-15(24)10-8-14/h3-10,13,18,35H,11-12H2,1-2H3. The van der Waals surface area contributed by atoms with Gasteiger partial charge in [-0.2, -0.15) is 13.2 Å². The monoisotopic (exact) mass is 556 g/mol. The molecular formula is C23H21ClF4N6O2S. The predicted octanol–water partition coefficient (Wildman–Crippen LogP) is 4.67. The molecule has 4 rings (SSSR count). The molecule has 2 aromatic heterocycles. The van der Waals surface area contributed by atoms with Gasteiger partial charge >= 0.3 is 11.9 Å². The Morgan fingerprint density at radius 2 is 1.78 bits per heavy atom. The van der Waals surface area contributed by atoms with E-state index in [1.54, 1.807) is 12.1 Å². The van der Waals surface area contributed by atoms with Crippen LogP contribution in [0.25, 0.3) is 17.1 Å². The molecule has 37 heavy (non-hydrogen) atoms. The molecule has 8 nitrogen and oxygen atoms in total. The van der Waals surface area contributed by atoms with Crippen molar-refractivity contribution in [3.8, 4) is 17.1 Å². The summed E-state index contributed by atoms with van der Waals surface area (Å²) in [5.74, 6) is -0.0909. The number of rotatable bonds is 8. The van der Waals surface area contributed by atoms with Crippen LogP contribution >= 0.6 is 23.4 Å². The van der Waals surface area contributed by atoms with Gasteiger partial charge in [0, 0.05) is 15.5 Å². The summed E-state index contributed by atoms with van der Waals surface area (Å²) in [6.07, 6.45) is -7.39. The Balaban J connectivity index is 1.78. The Morgan fingerprint density at radius 3 is 2.41 bits per heavy atom. The molecule has 0 spiro atoms. The van der Waals surface area contributed by atoms with Gasteiger partial charge < -0.3 is 5.11 Å². The minimum absolute atomic E-state index is 0.00519. The fraction of sp³-hybridized carbons (Fsp3) is 0.304. The van der Waals surface area contributed by atoms with E-state index in [2.05, 4.69) is 15.2 Å². The second kappa shape index (κ2) is 10.7. The number of aliphatic hydroxyl groups excluding tert-OH is 1. The van der Waals surface area contributed by atoms with Gasteiger partial charge in [0.05, 0.1) is 12.2 Å². The minimum atomic E-state index is -4.95. The molecule has 0 aliphatic heterocycles. The Kier molecular flexibility index (Phi) is 7.76.